The van der Waals surface area contributed by atoms with Crippen LogP contribution in [0.2, 0.25) is 5.02 Å². The predicted molar refractivity (Wildman–Crippen MR) is 80.2 cm³/mol. The van der Waals surface area contributed by atoms with Gasteiger partial charge in [-0.15, -0.1) is 0 Å². The second kappa shape index (κ2) is 8.58. The summed E-state index contributed by atoms with van der Waals surface area (Å²) in [4.78, 5) is 11.8. The first kappa shape index (κ1) is 15.6. The molecule has 1 aromatic rings. The third-order valence-electron chi connectivity index (χ3n) is 2.59. The molecule has 0 atom stereocenters. The van der Waals surface area contributed by atoms with Gasteiger partial charge in [-0.2, -0.15) is 0 Å². The fraction of sp³-hybridized carbons (Fsp3) is 0.400. The summed E-state index contributed by atoms with van der Waals surface area (Å²) in [5.74, 6) is 5.69. The van der Waals surface area contributed by atoms with Gasteiger partial charge in [-0.3, -0.25) is 4.79 Å². The maximum atomic E-state index is 11.8. The molecule has 0 unspecified atom stereocenters. The molecule has 0 saturated heterocycles. The molecule has 1 amide bonds. The number of carbonyl (C=O) groups excluding carboxylic acids is 1. The molecule has 0 saturated carbocycles. The lowest BCUT2D eigenvalue weighted by Gasteiger charge is -2.08. The zero-order valence-electron chi connectivity index (χ0n) is 11.1. The van der Waals surface area contributed by atoms with E-state index in [0.717, 1.165) is 24.8 Å². The molecule has 0 aromatic heterocycles. The highest BCUT2D eigenvalue weighted by Crippen LogP contribution is 2.20. The first-order valence-corrected chi connectivity index (χ1v) is 6.83. The lowest BCUT2D eigenvalue weighted by Crippen LogP contribution is -2.12. The van der Waals surface area contributed by atoms with E-state index in [4.69, 9.17) is 17.3 Å². The van der Waals surface area contributed by atoms with Crippen molar-refractivity contribution in [2.75, 3.05) is 11.9 Å². The molecule has 0 aliphatic heterocycles. The van der Waals surface area contributed by atoms with E-state index in [1.165, 1.54) is 0 Å². The van der Waals surface area contributed by atoms with E-state index < -0.39 is 0 Å². The van der Waals surface area contributed by atoms with Crippen molar-refractivity contribution in [1.82, 2.24) is 0 Å². The molecule has 0 bridgehead atoms. The van der Waals surface area contributed by atoms with Crippen LogP contribution in [-0.4, -0.2) is 12.5 Å². The Labute approximate surface area is 119 Å². The smallest absolute Gasteiger partial charge is 0.224 e. The Bertz CT molecular complexity index is 489. The molecule has 19 heavy (non-hydrogen) atoms. The first-order valence-electron chi connectivity index (χ1n) is 6.45. The van der Waals surface area contributed by atoms with Crippen LogP contribution in [0.4, 0.5) is 5.69 Å². The average molecular weight is 279 g/mol. The van der Waals surface area contributed by atoms with Gasteiger partial charge in [0.15, 0.2) is 0 Å². The number of rotatable bonds is 5. The average Bonchev–Trinajstić information content (AvgIpc) is 2.38. The number of amides is 1. The Morgan fingerprint density at radius 1 is 1.42 bits per heavy atom. The number of carbonyl (C=O) groups is 1. The Kier molecular flexibility index (Phi) is 7.02. The van der Waals surface area contributed by atoms with E-state index >= 15 is 0 Å². The predicted octanol–water partition coefficient (Wildman–Crippen LogP) is 3.17. The van der Waals surface area contributed by atoms with Crippen molar-refractivity contribution in [3.05, 3.63) is 28.8 Å². The fourth-order valence-corrected chi connectivity index (χ4v) is 1.80. The van der Waals surface area contributed by atoms with Gasteiger partial charge in [0.05, 0.1) is 12.2 Å². The summed E-state index contributed by atoms with van der Waals surface area (Å²) in [6.07, 6.45) is 3.57. The minimum Gasteiger partial charge on any atom is -0.325 e. The largest absolute Gasteiger partial charge is 0.325 e. The van der Waals surface area contributed by atoms with Crippen LogP contribution in [0.1, 0.15) is 38.2 Å². The number of hydrogen-bond donors (Lipinski definition) is 2. The van der Waals surface area contributed by atoms with Gasteiger partial charge >= 0.3 is 0 Å². The second-order valence-corrected chi connectivity index (χ2v) is 4.64. The summed E-state index contributed by atoms with van der Waals surface area (Å²) in [5, 5.41) is 3.42. The zero-order chi connectivity index (χ0) is 14.1. The number of anilines is 1. The molecule has 0 radical (unpaired) electrons. The van der Waals surface area contributed by atoms with E-state index in [1.807, 2.05) is 0 Å². The number of halogens is 1. The Hall–Kier alpha value is -1.50. The third kappa shape index (κ3) is 5.78. The summed E-state index contributed by atoms with van der Waals surface area (Å²) >= 11 is 5.94. The van der Waals surface area contributed by atoms with Crippen LogP contribution in [0.3, 0.4) is 0 Å². The molecule has 1 rings (SSSR count). The van der Waals surface area contributed by atoms with Gasteiger partial charge < -0.3 is 11.1 Å². The number of benzene rings is 1. The number of unbranched alkanes of at least 4 members (excludes halogenated alkanes) is 2. The SMILES string of the molecule is CCCCCC(=O)Nc1cc(Cl)ccc1C#CCN. The monoisotopic (exact) mass is 278 g/mol. The quantitative estimate of drug-likeness (QED) is 0.642. The molecule has 1 aromatic carbocycles. The van der Waals surface area contributed by atoms with Gasteiger partial charge in [0.25, 0.3) is 0 Å². The Morgan fingerprint density at radius 2 is 2.21 bits per heavy atom. The molecular formula is C15H19ClN2O. The van der Waals surface area contributed by atoms with Crippen molar-refractivity contribution in [2.24, 2.45) is 5.73 Å². The number of nitrogens with one attached hydrogen (secondary N) is 1. The fourth-order valence-electron chi connectivity index (χ4n) is 1.62. The standard InChI is InChI=1S/C15H19ClN2O/c1-2-3-4-7-15(19)18-14-11-13(16)9-8-12(14)6-5-10-17/h8-9,11H,2-4,7,10,17H2,1H3,(H,18,19). The maximum Gasteiger partial charge on any atom is 0.224 e. The van der Waals surface area contributed by atoms with E-state index in [1.54, 1.807) is 18.2 Å². The summed E-state index contributed by atoms with van der Waals surface area (Å²) in [7, 11) is 0. The van der Waals surface area contributed by atoms with Crippen molar-refractivity contribution in [2.45, 2.75) is 32.6 Å². The van der Waals surface area contributed by atoms with Crippen LogP contribution in [0, 0.1) is 11.8 Å². The topological polar surface area (TPSA) is 55.1 Å². The van der Waals surface area contributed by atoms with Crippen LogP contribution in [0.5, 0.6) is 0 Å². The summed E-state index contributed by atoms with van der Waals surface area (Å²) in [5.41, 5.74) is 6.73. The van der Waals surface area contributed by atoms with E-state index in [2.05, 4.69) is 24.1 Å². The van der Waals surface area contributed by atoms with Gasteiger partial charge in [-0.25, -0.2) is 0 Å². The molecule has 102 valence electrons. The van der Waals surface area contributed by atoms with Gasteiger partial charge in [-0.05, 0) is 24.6 Å². The maximum absolute atomic E-state index is 11.8. The second-order valence-electron chi connectivity index (χ2n) is 4.20. The molecule has 0 aliphatic rings. The van der Waals surface area contributed by atoms with E-state index in [9.17, 15) is 4.79 Å². The molecule has 0 spiro atoms. The lowest BCUT2D eigenvalue weighted by atomic mass is 10.1. The van der Waals surface area contributed by atoms with Gasteiger partial charge in [0.1, 0.15) is 0 Å². The highest BCUT2D eigenvalue weighted by molar-refractivity contribution is 6.31. The molecule has 0 aliphatic carbocycles. The van der Waals surface area contributed by atoms with Crippen molar-refractivity contribution >= 4 is 23.2 Å². The van der Waals surface area contributed by atoms with Gasteiger partial charge in [-0.1, -0.05) is 43.2 Å². The summed E-state index contributed by atoms with van der Waals surface area (Å²) in [6.45, 7) is 2.39. The van der Waals surface area contributed by atoms with E-state index in [-0.39, 0.29) is 12.5 Å². The van der Waals surface area contributed by atoms with Crippen molar-refractivity contribution < 1.29 is 4.79 Å². The molecule has 0 heterocycles. The van der Waals surface area contributed by atoms with Crippen LogP contribution >= 0.6 is 11.6 Å². The molecule has 0 fully saturated rings. The normalized spacial score (nSPS) is 9.63. The van der Waals surface area contributed by atoms with Crippen molar-refractivity contribution in [3.63, 3.8) is 0 Å². The van der Waals surface area contributed by atoms with Crippen molar-refractivity contribution in [3.8, 4) is 11.8 Å². The van der Waals surface area contributed by atoms with Crippen molar-refractivity contribution in [1.29, 1.82) is 0 Å². The molecule has 3 N–H and O–H groups in total. The van der Waals surface area contributed by atoms with Crippen LogP contribution in [-0.2, 0) is 4.79 Å². The zero-order valence-corrected chi connectivity index (χ0v) is 11.9. The third-order valence-corrected chi connectivity index (χ3v) is 2.82. The summed E-state index contributed by atoms with van der Waals surface area (Å²) in [6, 6.07) is 5.24. The van der Waals surface area contributed by atoms with Crippen LogP contribution in [0.25, 0.3) is 0 Å². The highest BCUT2D eigenvalue weighted by Gasteiger charge is 2.06. The number of nitrogens with two attached hydrogens (primary N) is 1. The summed E-state index contributed by atoms with van der Waals surface area (Å²) < 4.78 is 0. The highest BCUT2D eigenvalue weighted by atomic mass is 35.5. The minimum atomic E-state index is -0.00786. The molecule has 3 nitrogen and oxygen atoms in total. The molecule has 4 heteroatoms. The van der Waals surface area contributed by atoms with Gasteiger partial charge in [0, 0.05) is 17.0 Å². The first-order chi connectivity index (χ1) is 9.17. The van der Waals surface area contributed by atoms with Crippen LogP contribution in [0.15, 0.2) is 18.2 Å². The van der Waals surface area contributed by atoms with Crippen LogP contribution < -0.4 is 11.1 Å². The number of hydrogen-bond acceptors (Lipinski definition) is 2. The van der Waals surface area contributed by atoms with E-state index in [0.29, 0.717) is 17.1 Å². The van der Waals surface area contributed by atoms with Gasteiger partial charge in [0.2, 0.25) is 5.91 Å². The Balaban J connectivity index is 2.75. The Morgan fingerprint density at radius 3 is 2.89 bits per heavy atom. The molecular weight excluding hydrogens is 260 g/mol. The lowest BCUT2D eigenvalue weighted by molar-refractivity contribution is -0.116. The minimum absolute atomic E-state index is 0.00786.